The predicted octanol–water partition coefficient (Wildman–Crippen LogP) is -2.69. The highest BCUT2D eigenvalue weighted by Gasteiger charge is 2.62. The van der Waals surface area contributed by atoms with E-state index in [1.54, 1.807) is 0 Å². The van der Waals surface area contributed by atoms with E-state index in [0.29, 0.717) is 0 Å². The number of nitrogens with two attached hydrogens (primary N) is 2. The van der Waals surface area contributed by atoms with Gasteiger partial charge in [0.2, 0.25) is 0 Å². The topological polar surface area (TPSA) is 226 Å². The summed E-state index contributed by atoms with van der Waals surface area (Å²) in [5.41, 5.74) is 7.93. The highest BCUT2D eigenvalue weighted by molar-refractivity contribution is 7.13. The first-order valence-corrected chi connectivity index (χ1v) is 9.37. The zero-order valence-electron chi connectivity index (χ0n) is 15.8. The van der Waals surface area contributed by atoms with Crippen LogP contribution in [-0.2, 0) is 38.4 Å². The van der Waals surface area contributed by atoms with Gasteiger partial charge >= 0.3 is 17.7 Å². The average Bonchev–Trinajstić information content (AvgIpc) is 3.38. The number of esters is 1. The molecule has 1 aromatic rings. The fourth-order valence-corrected chi connectivity index (χ4v) is 3.49. The summed E-state index contributed by atoms with van der Waals surface area (Å²) in [7, 11) is 1.16. The van der Waals surface area contributed by atoms with Gasteiger partial charge in [0.15, 0.2) is 16.9 Å². The molecular weight excluding hydrogens is 440 g/mol. The molecule has 0 spiro atoms. The van der Waals surface area contributed by atoms with Gasteiger partial charge in [-0.3, -0.25) is 24.0 Å². The maximum atomic E-state index is 12.9. The second kappa shape index (κ2) is 8.15. The van der Waals surface area contributed by atoms with Crippen LogP contribution in [-0.4, -0.2) is 75.5 Å². The maximum absolute atomic E-state index is 12.9. The van der Waals surface area contributed by atoms with E-state index >= 15 is 0 Å². The van der Waals surface area contributed by atoms with Gasteiger partial charge in [0.1, 0.15) is 18.8 Å². The van der Waals surface area contributed by atoms with E-state index in [1.807, 2.05) is 0 Å². The molecule has 15 nitrogen and oxygen atoms in total. The molecule has 2 aliphatic heterocycles. The van der Waals surface area contributed by atoms with Crippen LogP contribution in [0.1, 0.15) is 18.5 Å². The largest absolute Gasteiger partial charge is 0.477 e. The molecule has 16 heteroatoms. The Hall–Kier alpha value is -3.79. The lowest BCUT2D eigenvalue weighted by Gasteiger charge is -2.30. The SMILES string of the molecule is CON=C(C(=O)NC1C(=O)N(C2(C(=O)O)CCC(=O)O2)OC1C(N)=O)c1csc(N)n1. The van der Waals surface area contributed by atoms with E-state index in [2.05, 4.69) is 20.3 Å². The molecule has 0 saturated carbocycles. The van der Waals surface area contributed by atoms with Crippen LogP contribution in [0, 0.1) is 0 Å². The number of hydrogen-bond donors (Lipinski definition) is 4. The van der Waals surface area contributed by atoms with E-state index in [1.165, 1.54) is 5.38 Å². The van der Waals surface area contributed by atoms with Crippen molar-refractivity contribution in [1.82, 2.24) is 15.4 Å². The monoisotopic (exact) mass is 456 g/mol. The number of aliphatic carboxylic acids is 1. The number of nitrogens with one attached hydrogen (secondary N) is 1. The minimum atomic E-state index is -2.51. The Kier molecular flexibility index (Phi) is 5.76. The molecule has 2 aliphatic rings. The number of thiazole rings is 1. The van der Waals surface area contributed by atoms with Gasteiger partial charge in [-0.25, -0.2) is 9.78 Å². The van der Waals surface area contributed by atoms with E-state index < -0.39 is 54.0 Å². The number of carbonyl (C=O) groups excluding carboxylic acids is 4. The summed E-state index contributed by atoms with van der Waals surface area (Å²) in [6.07, 6.45) is -2.54. The predicted molar refractivity (Wildman–Crippen MR) is 98.6 cm³/mol. The first-order valence-electron chi connectivity index (χ1n) is 8.49. The van der Waals surface area contributed by atoms with Crippen LogP contribution >= 0.6 is 11.3 Å². The van der Waals surface area contributed by atoms with Crippen molar-refractivity contribution in [3.05, 3.63) is 11.1 Å². The number of rotatable bonds is 7. The lowest BCUT2D eigenvalue weighted by Crippen LogP contribution is -2.57. The molecule has 3 heterocycles. The molecule has 6 N–H and O–H groups in total. The summed E-state index contributed by atoms with van der Waals surface area (Å²) >= 11 is 1.01. The number of primary amides is 1. The number of anilines is 1. The van der Waals surface area contributed by atoms with Crippen molar-refractivity contribution < 1.29 is 43.5 Å². The molecule has 0 bridgehead atoms. The number of aromatic nitrogens is 1. The van der Waals surface area contributed by atoms with Crippen LogP contribution in [0.4, 0.5) is 5.13 Å². The van der Waals surface area contributed by atoms with Gasteiger partial charge in [0, 0.05) is 11.8 Å². The van der Waals surface area contributed by atoms with Crippen LogP contribution in [0.2, 0.25) is 0 Å². The van der Waals surface area contributed by atoms with Crippen molar-refractivity contribution in [2.45, 2.75) is 30.7 Å². The number of amides is 3. The van der Waals surface area contributed by atoms with Gasteiger partial charge in [-0.2, -0.15) is 5.06 Å². The number of nitrogens with zero attached hydrogens (tertiary/aromatic N) is 3. The normalized spacial score (nSPS) is 26.0. The van der Waals surface area contributed by atoms with E-state index in [-0.39, 0.29) is 28.0 Å². The van der Waals surface area contributed by atoms with Crippen LogP contribution in [0.25, 0.3) is 0 Å². The third kappa shape index (κ3) is 3.84. The Balaban J connectivity index is 1.90. The van der Waals surface area contributed by atoms with Gasteiger partial charge in [0.05, 0.1) is 6.42 Å². The Labute approximate surface area is 176 Å². The Bertz CT molecular complexity index is 993. The number of carboxylic acids is 1. The second-order valence-electron chi connectivity index (χ2n) is 6.27. The molecule has 3 unspecified atom stereocenters. The number of nitrogen functional groups attached to an aromatic ring is 1. The number of cyclic esters (lactones) is 1. The van der Waals surface area contributed by atoms with E-state index in [4.69, 9.17) is 21.0 Å². The van der Waals surface area contributed by atoms with Gasteiger partial charge in [-0.05, 0) is 0 Å². The van der Waals surface area contributed by atoms with Crippen LogP contribution in [0.3, 0.4) is 0 Å². The van der Waals surface area contributed by atoms with Crippen molar-refractivity contribution in [1.29, 1.82) is 0 Å². The third-order valence-electron chi connectivity index (χ3n) is 4.33. The summed E-state index contributed by atoms with van der Waals surface area (Å²) < 4.78 is 4.81. The van der Waals surface area contributed by atoms with Gasteiger partial charge in [-0.1, -0.05) is 5.16 Å². The minimum absolute atomic E-state index is 0.0208. The molecule has 0 radical (unpaired) electrons. The van der Waals surface area contributed by atoms with E-state index in [9.17, 15) is 29.1 Å². The molecule has 3 amide bonds. The van der Waals surface area contributed by atoms with Gasteiger partial charge in [0.25, 0.3) is 17.7 Å². The molecule has 166 valence electrons. The smallest absolute Gasteiger partial charge is 0.372 e. The standard InChI is InChI=1S/C15H16N6O9S/c1-28-20-7(5-4-31-14(17)18-5)11(24)19-8-9(10(16)23)30-21(12(8)25)15(13(26)27)3-2-6(22)29-15/h4,8-9H,2-3H2,1H3,(H2,16,23)(H2,17,18)(H,19,24)(H,26,27). The lowest BCUT2D eigenvalue weighted by molar-refractivity contribution is -0.265. The number of hydrogen-bond acceptors (Lipinski definition) is 12. The van der Waals surface area contributed by atoms with E-state index in [0.717, 1.165) is 18.4 Å². The molecular formula is C15H16N6O9S. The zero-order chi connectivity index (χ0) is 22.9. The number of ether oxygens (including phenoxy) is 1. The highest BCUT2D eigenvalue weighted by atomic mass is 32.1. The van der Waals surface area contributed by atoms with Crippen molar-refractivity contribution >= 4 is 51.8 Å². The molecule has 0 aromatic carbocycles. The molecule has 3 rings (SSSR count). The summed E-state index contributed by atoms with van der Waals surface area (Å²) in [6.45, 7) is 0. The quantitative estimate of drug-likeness (QED) is 0.187. The first kappa shape index (κ1) is 21.9. The van der Waals surface area contributed by atoms with Gasteiger partial charge < -0.3 is 31.5 Å². The highest BCUT2D eigenvalue weighted by Crippen LogP contribution is 2.35. The fourth-order valence-electron chi connectivity index (χ4n) is 2.94. The summed E-state index contributed by atoms with van der Waals surface area (Å²) in [5.74, 6) is -5.98. The van der Waals surface area contributed by atoms with Crippen molar-refractivity contribution in [3.8, 4) is 0 Å². The molecule has 0 aliphatic carbocycles. The lowest BCUT2D eigenvalue weighted by atomic mass is 10.1. The van der Waals surface area contributed by atoms with Crippen LogP contribution < -0.4 is 16.8 Å². The first-order chi connectivity index (χ1) is 14.6. The molecule has 2 fully saturated rings. The summed E-state index contributed by atoms with van der Waals surface area (Å²) in [6, 6.07) is -1.75. The number of hydroxylamine groups is 2. The van der Waals surface area contributed by atoms with Gasteiger partial charge in [-0.15, -0.1) is 11.3 Å². The fraction of sp³-hybridized carbons (Fsp3) is 0.400. The number of oxime groups is 1. The van der Waals surface area contributed by atoms with Crippen molar-refractivity contribution in [2.24, 2.45) is 10.9 Å². The molecule has 1 aromatic heterocycles. The molecule has 31 heavy (non-hydrogen) atoms. The minimum Gasteiger partial charge on any atom is -0.477 e. The molecule has 3 atom stereocenters. The Morgan fingerprint density at radius 3 is 2.65 bits per heavy atom. The summed E-state index contributed by atoms with van der Waals surface area (Å²) in [5, 5.41) is 17.0. The second-order valence-corrected chi connectivity index (χ2v) is 7.16. The average molecular weight is 456 g/mol. The zero-order valence-corrected chi connectivity index (χ0v) is 16.6. The van der Waals surface area contributed by atoms with Crippen molar-refractivity contribution in [2.75, 3.05) is 12.8 Å². The molecule has 2 saturated heterocycles. The number of carbonyl (C=O) groups is 5. The third-order valence-corrected chi connectivity index (χ3v) is 5.00. The maximum Gasteiger partial charge on any atom is 0.372 e. The van der Waals surface area contributed by atoms with Crippen molar-refractivity contribution in [3.63, 3.8) is 0 Å². The van der Waals surface area contributed by atoms with Crippen LogP contribution in [0.15, 0.2) is 10.5 Å². The summed E-state index contributed by atoms with van der Waals surface area (Å²) in [4.78, 5) is 74.4. The Morgan fingerprint density at radius 1 is 1.45 bits per heavy atom. The number of carboxylic acid groups (broad SMARTS) is 1. The van der Waals surface area contributed by atoms with Crippen LogP contribution in [0.5, 0.6) is 0 Å². The Morgan fingerprint density at radius 2 is 2.16 bits per heavy atom.